The molecule has 1 aliphatic rings. The molecule has 0 radical (unpaired) electrons. The maximum atomic E-state index is 5.63. The first-order valence-corrected chi connectivity index (χ1v) is 6.96. The second-order valence-electron chi connectivity index (χ2n) is 4.58. The summed E-state index contributed by atoms with van der Waals surface area (Å²) in [6.45, 7) is 7.39. The van der Waals surface area contributed by atoms with Crippen molar-refractivity contribution >= 4 is 5.96 Å². The van der Waals surface area contributed by atoms with Gasteiger partial charge in [0.1, 0.15) is 0 Å². The van der Waals surface area contributed by atoms with Gasteiger partial charge in [-0.15, -0.1) is 0 Å². The Kier molecular flexibility index (Phi) is 8.59. The van der Waals surface area contributed by atoms with E-state index in [4.69, 9.17) is 9.47 Å². The zero-order chi connectivity index (χ0) is 13.1. The van der Waals surface area contributed by atoms with Crippen molar-refractivity contribution in [2.24, 2.45) is 10.9 Å². The number of guanidine groups is 1. The van der Waals surface area contributed by atoms with Gasteiger partial charge >= 0.3 is 0 Å². The predicted molar refractivity (Wildman–Crippen MR) is 74.0 cm³/mol. The van der Waals surface area contributed by atoms with E-state index in [1.54, 1.807) is 7.05 Å². The lowest BCUT2D eigenvalue weighted by Crippen LogP contribution is -2.38. The van der Waals surface area contributed by atoms with Gasteiger partial charge < -0.3 is 20.1 Å². The molecule has 1 saturated heterocycles. The smallest absolute Gasteiger partial charge is 0.190 e. The summed E-state index contributed by atoms with van der Waals surface area (Å²) >= 11 is 0. The van der Waals surface area contributed by atoms with Crippen LogP contribution in [0.25, 0.3) is 0 Å². The molecule has 0 aromatic heterocycles. The third-order valence-corrected chi connectivity index (χ3v) is 2.90. The number of aliphatic imine (C=N–C) groups is 1. The van der Waals surface area contributed by atoms with Crippen LogP contribution in [-0.4, -0.2) is 52.5 Å². The molecule has 106 valence electrons. The minimum atomic E-state index is 0.608. The van der Waals surface area contributed by atoms with Crippen molar-refractivity contribution in [3.63, 3.8) is 0 Å². The highest BCUT2D eigenvalue weighted by Gasteiger charge is 2.14. The van der Waals surface area contributed by atoms with Gasteiger partial charge in [0.2, 0.25) is 0 Å². The molecule has 5 nitrogen and oxygen atoms in total. The highest BCUT2D eigenvalue weighted by atomic mass is 16.5. The summed E-state index contributed by atoms with van der Waals surface area (Å²) in [4.78, 5) is 4.14. The Labute approximate surface area is 110 Å². The van der Waals surface area contributed by atoms with Crippen molar-refractivity contribution in [3.8, 4) is 0 Å². The molecule has 0 amide bonds. The van der Waals surface area contributed by atoms with E-state index >= 15 is 0 Å². The second-order valence-corrected chi connectivity index (χ2v) is 4.58. The monoisotopic (exact) mass is 257 g/mol. The largest absolute Gasteiger partial charge is 0.381 e. The number of ether oxygens (including phenoxy) is 2. The lowest BCUT2D eigenvalue weighted by atomic mass is 10.1. The van der Waals surface area contributed by atoms with Crippen LogP contribution in [0.2, 0.25) is 0 Å². The van der Waals surface area contributed by atoms with Crippen LogP contribution < -0.4 is 10.6 Å². The van der Waals surface area contributed by atoms with Crippen molar-refractivity contribution in [1.82, 2.24) is 10.6 Å². The van der Waals surface area contributed by atoms with Gasteiger partial charge in [-0.05, 0) is 19.3 Å². The van der Waals surface area contributed by atoms with Crippen molar-refractivity contribution in [2.75, 3.05) is 46.6 Å². The number of nitrogens with zero attached hydrogens (tertiary/aromatic N) is 1. The fourth-order valence-electron chi connectivity index (χ4n) is 1.81. The summed E-state index contributed by atoms with van der Waals surface area (Å²) in [5.74, 6) is 1.48. The normalized spacial score (nSPS) is 20.1. The van der Waals surface area contributed by atoms with E-state index in [2.05, 4.69) is 22.5 Å². The van der Waals surface area contributed by atoms with E-state index in [-0.39, 0.29) is 0 Å². The molecule has 1 unspecified atom stereocenters. The van der Waals surface area contributed by atoms with Gasteiger partial charge in [-0.1, -0.05) is 6.92 Å². The van der Waals surface area contributed by atoms with Gasteiger partial charge in [-0.3, -0.25) is 4.99 Å². The van der Waals surface area contributed by atoms with E-state index in [0.717, 1.165) is 64.7 Å². The molecular formula is C13H27N3O2. The standard InChI is InChI=1S/C13H27N3O2/c1-3-6-15-13(14-2)16-7-4-8-17-10-12-5-9-18-11-12/h12H,3-11H2,1-2H3,(H2,14,15,16). The zero-order valence-corrected chi connectivity index (χ0v) is 11.7. The van der Waals surface area contributed by atoms with Crippen molar-refractivity contribution in [3.05, 3.63) is 0 Å². The number of hydrogen-bond acceptors (Lipinski definition) is 3. The van der Waals surface area contributed by atoms with E-state index in [9.17, 15) is 0 Å². The highest BCUT2D eigenvalue weighted by molar-refractivity contribution is 5.79. The van der Waals surface area contributed by atoms with Crippen LogP contribution >= 0.6 is 0 Å². The topological polar surface area (TPSA) is 54.9 Å². The molecule has 0 saturated carbocycles. The molecule has 0 bridgehead atoms. The average Bonchev–Trinajstić information content (AvgIpc) is 2.90. The van der Waals surface area contributed by atoms with Crippen molar-refractivity contribution in [2.45, 2.75) is 26.2 Å². The molecule has 5 heteroatoms. The van der Waals surface area contributed by atoms with E-state index in [0.29, 0.717) is 5.92 Å². The minimum Gasteiger partial charge on any atom is -0.381 e. The molecular weight excluding hydrogens is 230 g/mol. The number of hydrogen-bond donors (Lipinski definition) is 2. The van der Waals surface area contributed by atoms with E-state index in [1.807, 2.05) is 0 Å². The first-order chi connectivity index (χ1) is 8.86. The fraction of sp³-hybridized carbons (Fsp3) is 0.923. The summed E-state index contributed by atoms with van der Waals surface area (Å²) < 4.78 is 10.9. The van der Waals surface area contributed by atoms with E-state index < -0.39 is 0 Å². The maximum Gasteiger partial charge on any atom is 0.190 e. The SMILES string of the molecule is CCCNC(=NC)NCCCOCC1CCOC1. The predicted octanol–water partition coefficient (Wildman–Crippen LogP) is 1.00. The van der Waals surface area contributed by atoms with Gasteiger partial charge in [0.05, 0.1) is 13.2 Å². The lowest BCUT2D eigenvalue weighted by Gasteiger charge is -2.12. The Morgan fingerprint density at radius 1 is 1.39 bits per heavy atom. The molecule has 0 aliphatic carbocycles. The quantitative estimate of drug-likeness (QED) is 0.387. The molecule has 1 rings (SSSR count). The molecule has 0 aromatic rings. The Bertz CT molecular complexity index is 228. The van der Waals surface area contributed by atoms with Crippen LogP contribution in [0.4, 0.5) is 0 Å². The molecule has 1 aliphatic heterocycles. The zero-order valence-electron chi connectivity index (χ0n) is 11.7. The molecule has 1 atom stereocenters. The molecule has 0 aromatic carbocycles. The summed E-state index contributed by atoms with van der Waals surface area (Å²) in [5, 5.41) is 6.50. The summed E-state index contributed by atoms with van der Waals surface area (Å²) in [6, 6.07) is 0. The maximum absolute atomic E-state index is 5.63. The highest BCUT2D eigenvalue weighted by Crippen LogP contribution is 2.12. The van der Waals surface area contributed by atoms with Gasteiger partial charge in [-0.25, -0.2) is 0 Å². The Hall–Kier alpha value is -0.810. The minimum absolute atomic E-state index is 0.608. The number of nitrogens with one attached hydrogen (secondary N) is 2. The number of rotatable bonds is 8. The third-order valence-electron chi connectivity index (χ3n) is 2.90. The van der Waals surface area contributed by atoms with Gasteiger partial charge in [0, 0.05) is 39.3 Å². The second kappa shape index (κ2) is 10.1. The van der Waals surface area contributed by atoms with Gasteiger partial charge in [0.15, 0.2) is 5.96 Å². The lowest BCUT2D eigenvalue weighted by molar-refractivity contribution is 0.0888. The fourth-order valence-corrected chi connectivity index (χ4v) is 1.81. The van der Waals surface area contributed by atoms with Crippen LogP contribution in [-0.2, 0) is 9.47 Å². The summed E-state index contributed by atoms with van der Waals surface area (Å²) in [5.41, 5.74) is 0. The van der Waals surface area contributed by atoms with Crippen LogP contribution in [0, 0.1) is 5.92 Å². The third kappa shape index (κ3) is 6.81. The van der Waals surface area contributed by atoms with Crippen LogP contribution in [0.15, 0.2) is 4.99 Å². The molecule has 1 fully saturated rings. The van der Waals surface area contributed by atoms with Crippen LogP contribution in [0.5, 0.6) is 0 Å². The Balaban J connectivity index is 1.90. The van der Waals surface area contributed by atoms with Gasteiger partial charge in [-0.2, -0.15) is 0 Å². The Morgan fingerprint density at radius 3 is 2.89 bits per heavy atom. The Morgan fingerprint density at radius 2 is 2.22 bits per heavy atom. The van der Waals surface area contributed by atoms with Crippen LogP contribution in [0.3, 0.4) is 0 Å². The van der Waals surface area contributed by atoms with Crippen molar-refractivity contribution in [1.29, 1.82) is 0 Å². The van der Waals surface area contributed by atoms with Crippen molar-refractivity contribution < 1.29 is 9.47 Å². The molecule has 1 heterocycles. The molecule has 18 heavy (non-hydrogen) atoms. The molecule has 2 N–H and O–H groups in total. The van der Waals surface area contributed by atoms with Gasteiger partial charge in [0.25, 0.3) is 0 Å². The first-order valence-electron chi connectivity index (χ1n) is 6.96. The molecule has 0 spiro atoms. The average molecular weight is 257 g/mol. The van der Waals surface area contributed by atoms with E-state index in [1.165, 1.54) is 0 Å². The summed E-state index contributed by atoms with van der Waals surface area (Å²) in [7, 11) is 1.79. The van der Waals surface area contributed by atoms with Crippen LogP contribution in [0.1, 0.15) is 26.2 Å². The summed E-state index contributed by atoms with van der Waals surface area (Å²) in [6.07, 6.45) is 3.25. The first kappa shape index (κ1) is 15.2.